The molecule has 1 aromatic carbocycles. The Balaban J connectivity index is 1.86. The number of carbonyl (C=O) groups excluding carboxylic acids is 2. The summed E-state index contributed by atoms with van der Waals surface area (Å²) >= 11 is 0. The van der Waals surface area contributed by atoms with Crippen LogP contribution in [0, 0.1) is 0 Å². The molecule has 4 N–H and O–H groups in total. The first-order valence-electron chi connectivity index (χ1n) is 9.58. The van der Waals surface area contributed by atoms with Crippen LogP contribution in [0.1, 0.15) is 38.2 Å². The molecule has 0 saturated heterocycles. The lowest BCUT2D eigenvalue weighted by molar-refractivity contribution is -0.126. The smallest absolute Gasteiger partial charge is 0.240 e. The molecule has 0 saturated carbocycles. The molecule has 0 aliphatic rings. The Morgan fingerprint density at radius 1 is 1.17 bits per heavy atom. The van der Waals surface area contributed by atoms with Gasteiger partial charge in [0.05, 0.1) is 24.4 Å². The van der Waals surface area contributed by atoms with Crippen molar-refractivity contribution < 1.29 is 14.3 Å². The van der Waals surface area contributed by atoms with Crippen molar-refractivity contribution in [3.8, 4) is 0 Å². The molecule has 2 heterocycles. The first-order chi connectivity index (χ1) is 14.2. The number of nitrogens with one attached hydrogen (secondary N) is 2. The second-order valence-corrected chi connectivity index (χ2v) is 7.63. The molecule has 0 fully saturated rings. The minimum atomic E-state index is -1.07. The molecule has 1 unspecified atom stereocenters. The molecule has 30 heavy (non-hydrogen) atoms. The Morgan fingerprint density at radius 3 is 2.57 bits per heavy atom. The van der Waals surface area contributed by atoms with Crippen LogP contribution in [0.2, 0.25) is 0 Å². The molecule has 2 amide bonds. The van der Waals surface area contributed by atoms with Crippen molar-refractivity contribution in [2.24, 2.45) is 5.73 Å². The Morgan fingerprint density at radius 2 is 1.90 bits per heavy atom. The van der Waals surface area contributed by atoms with Crippen LogP contribution in [0.25, 0.3) is 5.65 Å². The van der Waals surface area contributed by atoms with Crippen molar-refractivity contribution >= 4 is 23.1 Å². The van der Waals surface area contributed by atoms with E-state index < -0.39 is 11.6 Å². The lowest BCUT2D eigenvalue weighted by Crippen LogP contribution is -2.50. The summed E-state index contributed by atoms with van der Waals surface area (Å²) in [4.78, 5) is 23.9. The molecule has 3 aromatic rings. The Kier molecular flexibility index (Phi) is 6.43. The van der Waals surface area contributed by atoms with Crippen molar-refractivity contribution in [3.05, 3.63) is 60.0 Å². The summed E-state index contributed by atoms with van der Waals surface area (Å²) in [7, 11) is 0. The van der Waals surface area contributed by atoms with Crippen molar-refractivity contribution in [3.63, 3.8) is 0 Å². The van der Waals surface area contributed by atoms with E-state index in [4.69, 9.17) is 10.5 Å². The van der Waals surface area contributed by atoms with E-state index in [2.05, 4.69) is 20.8 Å². The van der Waals surface area contributed by atoms with E-state index in [1.807, 2.05) is 30.3 Å². The Labute approximate surface area is 174 Å². The number of hydrogen-bond acceptors (Lipinski definition) is 6. The van der Waals surface area contributed by atoms with Gasteiger partial charge in [-0.25, -0.2) is 0 Å². The average molecular weight is 410 g/mol. The van der Waals surface area contributed by atoms with E-state index in [-0.39, 0.29) is 18.4 Å². The topological polar surface area (TPSA) is 124 Å². The summed E-state index contributed by atoms with van der Waals surface area (Å²) in [6, 6.07) is 12.6. The zero-order valence-corrected chi connectivity index (χ0v) is 17.3. The van der Waals surface area contributed by atoms with Crippen LogP contribution in [-0.4, -0.2) is 38.6 Å². The largest absolute Gasteiger partial charge is 0.374 e. The maximum absolute atomic E-state index is 12.5. The summed E-state index contributed by atoms with van der Waals surface area (Å²) in [6.07, 6.45) is 1.70. The average Bonchev–Trinajstić information content (AvgIpc) is 3.10. The zero-order valence-electron chi connectivity index (χ0n) is 17.3. The van der Waals surface area contributed by atoms with Crippen LogP contribution in [-0.2, 0) is 20.9 Å². The van der Waals surface area contributed by atoms with E-state index in [0.29, 0.717) is 23.8 Å². The maximum atomic E-state index is 12.5. The number of carbonyl (C=O) groups is 2. The molecular formula is C21H26N6O3. The molecule has 0 aliphatic carbocycles. The molecular weight excluding hydrogens is 384 g/mol. The van der Waals surface area contributed by atoms with Gasteiger partial charge in [-0.15, -0.1) is 10.2 Å². The van der Waals surface area contributed by atoms with Crippen molar-refractivity contribution in [1.29, 1.82) is 0 Å². The van der Waals surface area contributed by atoms with Gasteiger partial charge in [0, 0.05) is 13.1 Å². The normalized spacial score (nSPS) is 12.5. The zero-order chi connectivity index (χ0) is 21.7. The fourth-order valence-corrected chi connectivity index (χ4v) is 2.82. The number of fused-ring (bicyclic) bond motifs is 1. The van der Waals surface area contributed by atoms with Crippen LogP contribution in [0.5, 0.6) is 0 Å². The molecule has 9 nitrogen and oxygen atoms in total. The quantitative estimate of drug-likeness (QED) is 0.520. The number of anilines is 1. The van der Waals surface area contributed by atoms with Crippen LogP contribution in [0.3, 0.4) is 0 Å². The predicted molar refractivity (Wildman–Crippen MR) is 113 cm³/mol. The number of pyridine rings is 1. The third kappa shape index (κ3) is 5.40. The SMILES string of the molecule is CC(=O)Nc1ccc2nnc(C(COCc3ccccc3)NC(=O)C(C)(C)N)n2c1. The highest BCUT2D eigenvalue weighted by Gasteiger charge is 2.28. The lowest BCUT2D eigenvalue weighted by Gasteiger charge is -2.23. The van der Waals surface area contributed by atoms with Gasteiger partial charge in [-0.1, -0.05) is 30.3 Å². The highest BCUT2D eigenvalue weighted by Crippen LogP contribution is 2.18. The van der Waals surface area contributed by atoms with E-state index in [1.165, 1.54) is 6.92 Å². The van der Waals surface area contributed by atoms with E-state index in [9.17, 15) is 9.59 Å². The molecule has 0 spiro atoms. The van der Waals surface area contributed by atoms with Crippen LogP contribution in [0.4, 0.5) is 5.69 Å². The van der Waals surface area contributed by atoms with Gasteiger partial charge in [0.2, 0.25) is 11.8 Å². The number of benzene rings is 1. The van der Waals surface area contributed by atoms with Gasteiger partial charge >= 0.3 is 0 Å². The molecule has 9 heteroatoms. The van der Waals surface area contributed by atoms with Gasteiger partial charge in [-0.3, -0.25) is 14.0 Å². The summed E-state index contributed by atoms with van der Waals surface area (Å²) in [5.74, 6) is -0.0571. The number of nitrogens with two attached hydrogens (primary N) is 1. The van der Waals surface area contributed by atoms with Gasteiger partial charge in [0.15, 0.2) is 11.5 Å². The number of rotatable bonds is 8. The van der Waals surface area contributed by atoms with Crippen molar-refractivity contribution in [2.45, 2.75) is 39.0 Å². The predicted octanol–water partition coefficient (Wildman–Crippen LogP) is 1.80. The summed E-state index contributed by atoms with van der Waals surface area (Å²) in [6.45, 7) is 5.23. The van der Waals surface area contributed by atoms with E-state index in [1.54, 1.807) is 36.6 Å². The first kappa shape index (κ1) is 21.4. The summed E-state index contributed by atoms with van der Waals surface area (Å²) < 4.78 is 7.57. The fourth-order valence-electron chi connectivity index (χ4n) is 2.82. The molecule has 158 valence electrons. The first-order valence-corrected chi connectivity index (χ1v) is 9.58. The van der Waals surface area contributed by atoms with Crippen molar-refractivity contribution in [1.82, 2.24) is 19.9 Å². The van der Waals surface area contributed by atoms with Crippen LogP contribution in [0.15, 0.2) is 48.7 Å². The van der Waals surface area contributed by atoms with Crippen LogP contribution < -0.4 is 16.4 Å². The van der Waals surface area contributed by atoms with Crippen LogP contribution >= 0.6 is 0 Å². The van der Waals surface area contributed by atoms with Gasteiger partial charge in [-0.05, 0) is 31.5 Å². The second-order valence-electron chi connectivity index (χ2n) is 7.63. The fraction of sp³-hybridized carbons (Fsp3) is 0.333. The second kappa shape index (κ2) is 9.02. The Bertz CT molecular complexity index is 1030. The number of amides is 2. The highest BCUT2D eigenvalue weighted by atomic mass is 16.5. The standard InChI is InChI=1S/C21H26N6O3/c1-14(28)23-16-9-10-18-25-26-19(27(18)11-16)17(24-20(29)21(2,3)22)13-30-12-15-7-5-4-6-8-15/h4-11,17H,12-13,22H2,1-3H3,(H,23,28)(H,24,29). The lowest BCUT2D eigenvalue weighted by atomic mass is 10.1. The third-order valence-electron chi connectivity index (χ3n) is 4.35. The number of nitrogens with zero attached hydrogens (tertiary/aromatic N) is 3. The molecule has 0 bridgehead atoms. The van der Waals surface area contributed by atoms with Gasteiger partial charge in [0.1, 0.15) is 6.04 Å². The highest BCUT2D eigenvalue weighted by molar-refractivity contribution is 5.88. The molecule has 1 atom stereocenters. The number of ether oxygens (including phenoxy) is 1. The Hall–Kier alpha value is -3.30. The maximum Gasteiger partial charge on any atom is 0.240 e. The number of aromatic nitrogens is 3. The molecule has 3 rings (SSSR count). The van der Waals surface area contributed by atoms with E-state index in [0.717, 1.165) is 5.56 Å². The minimum absolute atomic E-state index is 0.169. The van der Waals surface area contributed by atoms with Gasteiger partial charge in [-0.2, -0.15) is 0 Å². The summed E-state index contributed by atoms with van der Waals surface area (Å²) in [5.41, 5.74) is 7.06. The minimum Gasteiger partial charge on any atom is -0.374 e. The van der Waals surface area contributed by atoms with Crippen molar-refractivity contribution in [2.75, 3.05) is 11.9 Å². The molecule has 0 aliphatic heterocycles. The molecule has 2 aromatic heterocycles. The number of hydrogen-bond donors (Lipinski definition) is 3. The van der Waals surface area contributed by atoms with E-state index >= 15 is 0 Å². The van der Waals surface area contributed by atoms with Gasteiger partial charge in [0.25, 0.3) is 0 Å². The summed E-state index contributed by atoms with van der Waals surface area (Å²) in [5, 5.41) is 14.0. The molecule has 0 radical (unpaired) electrons. The van der Waals surface area contributed by atoms with Gasteiger partial charge < -0.3 is 21.1 Å². The monoisotopic (exact) mass is 410 g/mol. The third-order valence-corrected chi connectivity index (χ3v) is 4.35.